The minimum atomic E-state index is -0.574. The summed E-state index contributed by atoms with van der Waals surface area (Å²) in [4.78, 5) is 24.2. The molecule has 1 aliphatic carbocycles. The van der Waals surface area contributed by atoms with Crippen LogP contribution in [0.25, 0.3) is 0 Å². The molecular formula is C22H26FN3O3. The summed E-state index contributed by atoms with van der Waals surface area (Å²) in [5, 5.41) is 8.42. The van der Waals surface area contributed by atoms with E-state index in [4.69, 9.17) is 4.74 Å². The van der Waals surface area contributed by atoms with Crippen LogP contribution in [0.3, 0.4) is 0 Å². The first-order valence-electron chi connectivity index (χ1n) is 9.90. The lowest BCUT2D eigenvalue weighted by Gasteiger charge is -2.29. The van der Waals surface area contributed by atoms with Crippen LogP contribution in [0.4, 0.5) is 19.7 Å². The Balaban J connectivity index is 1.37. The molecule has 0 radical (unpaired) electrons. The molecule has 0 aliphatic heterocycles. The van der Waals surface area contributed by atoms with E-state index in [-0.39, 0.29) is 24.0 Å². The van der Waals surface area contributed by atoms with Crippen LogP contribution in [0, 0.1) is 5.82 Å². The number of urea groups is 1. The Hall–Kier alpha value is -3.09. The monoisotopic (exact) mass is 399 g/mol. The molecule has 154 valence electrons. The molecule has 1 fully saturated rings. The van der Waals surface area contributed by atoms with Gasteiger partial charge in [0, 0.05) is 24.7 Å². The molecule has 0 spiro atoms. The highest BCUT2D eigenvalue weighted by molar-refractivity contribution is 5.84. The van der Waals surface area contributed by atoms with Gasteiger partial charge in [0.05, 0.1) is 0 Å². The largest absolute Gasteiger partial charge is 0.446 e. The number of halogens is 1. The van der Waals surface area contributed by atoms with E-state index in [2.05, 4.69) is 16.0 Å². The Morgan fingerprint density at radius 1 is 1.03 bits per heavy atom. The summed E-state index contributed by atoms with van der Waals surface area (Å²) in [5.41, 5.74) is 1.64. The van der Waals surface area contributed by atoms with Gasteiger partial charge in [-0.25, -0.2) is 14.0 Å². The fourth-order valence-corrected chi connectivity index (χ4v) is 3.42. The third kappa shape index (κ3) is 7.10. The SMILES string of the molecule is O=C(NCCc1ccccc1)N[C@@H]1CCC[C@H](OC(=O)Nc2ccc(F)cc2)C1. The number of amides is 3. The number of nitrogens with one attached hydrogen (secondary N) is 3. The lowest BCUT2D eigenvalue weighted by Crippen LogP contribution is -2.46. The van der Waals surface area contributed by atoms with Crippen LogP contribution in [0.2, 0.25) is 0 Å². The topological polar surface area (TPSA) is 79.5 Å². The van der Waals surface area contributed by atoms with E-state index in [1.54, 1.807) is 0 Å². The molecule has 2 atom stereocenters. The Morgan fingerprint density at radius 3 is 2.55 bits per heavy atom. The molecule has 3 rings (SSSR count). The maximum absolute atomic E-state index is 12.9. The van der Waals surface area contributed by atoms with Crippen molar-refractivity contribution in [2.24, 2.45) is 0 Å². The summed E-state index contributed by atoms with van der Waals surface area (Å²) in [5.74, 6) is -0.368. The Kier molecular flexibility index (Phi) is 7.44. The fraction of sp³-hybridized carbons (Fsp3) is 0.364. The van der Waals surface area contributed by atoms with Crippen LogP contribution >= 0.6 is 0 Å². The number of ether oxygens (including phenoxy) is 1. The molecule has 3 amide bonds. The molecule has 2 aromatic rings. The number of anilines is 1. The van der Waals surface area contributed by atoms with E-state index in [9.17, 15) is 14.0 Å². The van der Waals surface area contributed by atoms with E-state index in [1.165, 1.54) is 29.8 Å². The standard InChI is InChI=1S/C22H26FN3O3/c23-17-9-11-18(12-10-17)26-22(28)29-20-8-4-7-19(15-20)25-21(27)24-14-13-16-5-2-1-3-6-16/h1-3,5-6,9-12,19-20H,4,7-8,13-15H2,(H,26,28)(H2,24,25,27)/t19-,20+/m1/s1. The number of benzene rings is 2. The van der Waals surface area contributed by atoms with Gasteiger partial charge in [-0.1, -0.05) is 30.3 Å². The lowest BCUT2D eigenvalue weighted by molar-refractivity contribution is 0.0776. The first kappa shape index (κ1) is 20.6. The zero-order valence-electron chi connectivity index (χ0n) is 16.2. The fourth-order valence-electron chi connectivity index (χ4n) is 3.42. The average molecular weight is 399 g/mol. The summed E-state index contributed by atoms with van der Waals surface area (Å²) in [6.45, 7) is 0.558. The number of carbonyl (C=O) groups is 2. The molecule has 29 heavy (non-hydrogen) atoms. The highest BCUT2D eigenvalue weighted by Gasteiger charge is 2.26. The van der Waals surface area contributed by atoms with Gasteiger partial charge in [-0.15, -0.1) is 0 Å². The van der Waals surface area contributed by atoms with E-state index in [0.717, 1.165) is 25.7 Å². The molecule has 6 nitrogen and oxygen atoms in total. The predicted octanol–water partition coefficient (Wildman–Crippen LogP) is 4.23. The highest BCUT2D eigenvalue weighted by Crippen LogP contribution is 2.22. The van der Waals surface area contributed by atoms with E-state index in [0.29, 0.717) is 18.7 Å². The van der Waals surface area contributed by atoms with Crippen molar-refractivity contribution < 1.29 is 18.7 Å². The molecule has 1 aliphatic rings. The van der Waals surface area contributed by atoms with Crippen LogP contribution in [-0.4, -0.2) is 30.8 Å². The zero-order chi connectivity index (χ0) is 20.5. The third-order valence-corrected chi connectivity index (χ3v) is 4.87. The zero-order valence-corrected chi connectivity index (χ0v) is 16.2. The van der Waals surface area contributed by atoms with Crippen LogP contribution in [0.5, 0.6) is 0 Å². The predicted molar refractivity (Wildman–Crippen MR) is 109 cm³/mol. The Bertz CT molecular complexity index is 799. The van der Waals surface area contributed by atoms with Crippen molar-refractivity contribution >= 4 is 17.8 Å². The van der Waals surface area contributed by atoms with Gasteiger partial charge in [0.1, 0.15) is 11.9 Å². The number of hydrogen-bond acceptors (Lipinski definition) is 3. The summed E-state index contributed by atoms with van der Waals surface area (Å²) in [6.07, 6.45) is 2.98. The van der Waals surface area contributed by atoms with Crippen molar-refractivity contribution in [3.8, 4) is 0 Å². The van der Waals surface area contributed by atoms with Crippen LogP contribution in [0.15, 0.2) is 54.6 Å². The second-order valence-electron chi connectivity index (χ2n) is 7.16. The minimum Gasteiger partial charge on any atom is -0.446 e. The first-order valence-corrected chi connectivity index (χ1v) is 9.90. The molecule has 7 heteroatoms. The van der Waals surface area contributed by atoms with Gasteiger partial charge in [0.15, 0.2) is 0 Å². The van der Waals surface area contributed by atoms with Crippen molar-refractivity contribution in [1.29, 1.82) is 0 Å². The number of hydrogen-bond donors (Lipinski definition) is 3. The van der Waals surface area contributed by atoms with E-state index in [1.807, 2.05) is 30.3 Å². The Morgan fingerprint density at radius 2 is 1.79 bits per heavy atom. The molecule has 0 heterocycles. The lowest BCUT2D eigenvalue weighted by atomic mass is 9.93. The molecule has 0 saturated heterocycles. The Labute approximate surface area is 169 Å². The molecule has 0 bridgehead atoms. The normalized spacial score (nSPS) is 18.5. The minimum absolute atomic E-state index is 0.0379. The number of carbonyl (C=O) groups excluding carboxylic acids is 2. The van der Waals surface area contributed by atoms with E-state index < -0.39 is 6.09 Å². The summed E-state index contributed by atoms with van der Waals surface area (Å²) in [6, 6.07) is 15.2. The highest BCUT2D eigenvalue weighted by atomic mass is 19.1. The molecule has 3 N–H and O–H groups in total. The van der Waals surface area contributed by atoms with Gasteiger partial charge in [-0.05, 0) is 55.5 Å². The van der Waals surface area contributed by atoms with Crippen LogP contribution in [0.1, 0.15) is 31.2 Å². The van der Waals surface area contributed by atoms with Crippen molar-refractivity contribution in [2.45, 2.75) is 44.2 Å². The summed E-state index contributed by atoms with van der Waals surface area (Å²) in [7, 11) is 0. The third-order valence-electron chi connectivity index (χ3n) is 4.87. The van der Waals surface area contributed by atoms with Gasteiger partial charge in [0.25, 0.3) is 0 Å². The van der Waals surface area contributed by atoms with E-state index >= 15 is 0 Å². The smallest absolute Gasteiger partial charge is 0.411 e. The first-order chi connectivity index (χ1) is 14.1. The molecular weight excluding hydrogens is 373 g/mol. The maximum atomic E-state index is 12.9. The molecule has 1 saturated carbocycles. The van der Waals surface area contributed by atoms with Crippen LogP contribution < -0.4 is 16.0 Å². The average Bonchev–Trinajstić information content (AvgIpc) is 2.71. The summed E-state index contributed by atoms with van der Waals surface area (Å²) >= 11 is 0. The van der Waals surface area contributed by atoms with Crippen molar-refractivity contribution in [2.75, 3.05) is 11.9 Å². The van der Waals surface area contributed by atoms with Crippen molar-refractivity contribution in [1.82, 2.24) is 10.6 Å². The van der Waals surface area contributed by atoms with Gasteiger partial charge < -0.3 is 15.4 Å². The van der Waals surface area contributed by atoms with Gasteiger partial charge in [-0.2, -0.15) is 0 Å². The summed E-state index contributed by atoms with van der Waals surface area (Å²) < 4.78 is 18.4. The molecule has 2 aromatic carbocycles. The number of rotatable bonds is 6. The van der Waals surface area contributed by atoms with Gasteiger partial charge in [-0.3, -0.25) is 5.32 Å². The van der Waals surface area contributed by atoms with Gasteiger partial charge >= 0.3 is 12.1 Å². The van der Waals surface area contributed by atoms with Crippen molar-refractivity contribution in [3.05, 3.63) is 66.0 Å². The molecule has 0 unspecified atom stereocenters. The molecule has 0 aromatic heterocycles. The second-order valence-corrected chi connectivity index (χ2v) is 7.16. The van der Waals surface area contributed by atoms with Crippen molar-refractivity contribution in [3.63, 3.8) is 0 Å². The van der Waals surface area contributed by atoms with Gasteiger partial charge in [0.2, 0.25) is 0 Å². The van der Waals surface area contributed by atoms with Crippen LogP contribution in [-0.2, 0) is 11.2 Å². The quantitative estimate of drug-likeness (QED) is 0.680. The second kappa shape index (κ2) is 10.5. The maximum Gasteiger partial charge on any atom is 0.411 e.